The van der Waals surface area contributed by atoms with Crippen LogP contribution in [0.5, 0.6) is 5.75 Å². The lowest BCUT2D eigenvalue weighted by Gasteiger charge is -2.16. The lowest BCUT2D eigenvalue weighted by molar-refractivity contribution is -0.698. The Hall–Kier alpha value is -2.34. The van der Waals surface area contributed by atoms with Gasteiger partial charge in [0, 0.05) is 17.4 Å². The van der Waals surface area contributed by atoms with E-state index in [1.165, 1.54) is 0 Å². The number of quaternary nitrogens is 1. The first-order chi connectivity index (χ1) is 11.0. The van der Waals surface area contributed by atoms with Gasteiger partial charge in [-0.25, -0.2) is 4.79 Å². The van der Waals surface area contributed by atoms with Crippen molar-refractivity contribution in [3.63, 3.8) is 0 Å². The second kappa shape index (κ2) is 6.04. The zero-order chi connectivity index (χ0) is 16.6. The number of phenols is 1. The number of benzene rings is 1. The summed E-state index contributed by atoms with van der Waals surface area (Å²) in [6.45, 7) is 1.96. The molecule has 0 fully saturated rings. The maximum atomic E-state index is 12.1. The number of phenolic OH excluding ortho intramolecular Hbond substituents is 1. The number of nitrogens with two attached hydrogens (primary N) is 1. The minimum absolute atomic E-state index is 0.00282. The Morgan fingerprint density at radius 3 is 2.83 bits per heavy atom. The molecule has 0 spiro atoms. The van der Waals surface area contributed by atoms with Crippen molar-refractivity contribution in [2.75, 3.05) is 0 Å². The van der Waals surface area contributed by atoms with Gasteiger partial charge in [0.1, 0.15) is 18.3 Å². The Morgan fingerprint density at radius 1 is 1.39 bits per heavy atom. The van der Waals surface area contributed by atoms with Crippen LogP contribution >= 0.6 is 0 Å². The summed E-state index contributed by atoms with van der Waals surface area (Å²) >= 11 is 0. The van der Waals surface area contributed by atoms with E-state index in [2.05, 4.69) is 0 Å². The SMILES string of the molecule is CC[C@H]([NH2+]Cc1c(O)ccc2c3c(c(=O)oc12)CCC3)C(=O)[O-]. The number of aryl methyl sites for hydroxylation is 1. The molecule has 1 aliphatic rings. The van der Waals surface area contributed by atoms with Gasteiger partial charge < -0.3 is 24.7 Å². The molecule has 0 unspecified atom stereocenters. The van der Waals surface area contributed by atoms with E-state index in [0.29, 0.717) is 17.6 Å². The van der Waals surface area contributed by atoms with Crippen LogP contribution in [-0.2, 0) is 24.2 Å². The molecule has 0 amide bonds. The number of carboxylic acids is 1. The highest BCUT2D eigenvalue weighted by molar-refractivity contribution is 5.86. The molecule has 3 N–H and O–H groups in total. The quantitative estimate of drug-likeness (QED) is 0.728. The van der Waals surface area contributed by atoms with E-state index in [1.807, 2.05) is 0 Å². The van der Waals surface area contributed by atoms with Gasteiger partial charge in [-0.2, -0.15) is 0 Å². The Balaban J connectivity index is 2.06. The first-order valence-corrected chi connectivity index (χ1v) is 7.86. The average molecular weight is 317 g/mol. The van der Waals surface area contributed by atoms with Crippen LogP contribution in [0, 0.1) is 0 Å². The van der Waals surface area contributed by atoms with Crippen molar-refractivity contribution in [2.45, 2.75) is 45.2 Å². The number of carbonyl (C=O) groups excluding carboxylic acids is 1. The summed E-state index contributed by atoms with van der Waals surface area (Å²) in [5, 5.41) is 23.6. The van der Waals surface area contributed by atoms with Crippen molar-refractivity contribution in [3.05, 3.63) is 39.2 Å². The molecule has 1 atom stereocenters. The van der Waals surface area contributed by atoms with Crippen molar-refractivity contribution < 1.29 is 24.7 Å². The van der Waals surface area contributed by atoms with Crippen LogP contribution in [0.2, 0.25) is 0 Å². The Kier molecular flexibility index (Phi) is 4.09. The zero-order valence-corrected chi connectivity index (χ0v) is 12.9. The van der Waals surface area contributed by atoms with E-state index < -0.39 is 12.0 Å². The van der Waals surface area contributed by atoms with Gasteiger partial charge in [-0.05, 0) is 37.0 Å². The van der Waals surface area contributed by atoms with Crippen LogP contribution in [-0.4, -0.2) is 17.1 Å². The van der Waals surface area contributed by atoms with E-state index in [4.69, 9.17) is 4.42 Å². The molecular formula is C17H19NO5. The van der Waals surface area contributed by atoms with Gasteiger partial charge >= 0.3 is 5.63 Å². The Labute approximate surface area is 132 Å². The van der Waals surface area contributed by atoms with Gasteiger partial charge in [-0.1, -0.05) is 6.92 Å². The van der Waals surface area contributed by atoms with Crippen molar-refractivity contribution in [1.29, 1.82) is 0 Å². The first kappa shape index (κ1) is 15.6. The van der Waals surface area contributed by atoms with Crippen molar-refractivity contribution in [2.24, 2.45) is 0 Å². The summed E-state index contributed by atoms with van der Waals surface area (Å²) in [7, 11) is 0. The third kappa shape index (κ3) is 2.70. The number of hydrogen-bond donors (Lipinski definition) is 2. The summed E-state index contributed by atoms with van der Waals surface area (Å²) in [6.07, 6.45) is 2.87. The van der Waals surface area contributed by atoms with Gasteiger partial charge in [0.05, 0.1) is 11.5 Å². The van der Waals surface area contributed by atoms with Crippen molar-refractivity contribution in [3.8, 4) is 5.75 Å². The normalized spacial score (nSPS) is 14.8. The largest absolute Gasteiger partial charge is 0.544 e. The maximum Gasteiger partial charge on any atom is 0.339 e. The fourth-order valence-electron chi connectivity index (χ4n) is 3.28. The van der Waals surface area contributed by atoms with Crippen LogP contribution in [0.25, 0.3) is 11.0 Å². The molecular weight excluding hydrogens is 298 g/mol. The molecule has 0 radical (unpaired) electrons. The lowest BCUT2D eigenvalue weighted by atomic mass is 10.0. The van der Waals surface area contributed by atoms with Gasteiger partial charge in [-0.15, -0.1) is 0 Å². The Bertz CT molecular complexity index is 824. The van der Waals surface area contributed by atoms with Crippen LogP contribution in [0.15, 0.2) is 21.3 Å². The van der Waals surface area contributed by atoms with Gasteiger partial charge in [0.25, 0.3) is 0 Å². The van der Waals surface area contributed by atoms with Gasteiger partial charge in [0.2, 0.25) is 0 Å². The standard InChI is InChI=1S/C17H19NO5/c1-2-13(16(20)21)18-8-12-14(19)7-6-10-9-4-3-5-11(9)17(22)23-15(10)12/h6-7,13,18-19H,2-5,8H2,1H3,(H,20,21)/t13-/m0/s1. The summed E-state index contributed by atoms with van der Waals surface area (Å²) in [6, 6.07) is 2.63. The molecule has 2 aromatic rings. The highest BCUT2D eigenvalue weighted by atomic mass is 16.4. The van der Waals surface area contributed by atoms with Crippen LogP contribution < -0.4 is 16.0 Å². The summed E-state index contributed by atoms with van der Waals surface area (Å²) < 4.78 is 5.44. The molecule has 6 nitrogen and oxygen atoms in total. The minimum Gasteiger partial charge on any atom is -0.544 e. The number of rotatable bonds is 5. The molecule has 122 valence electrons. The second-order valence-electron chi connectivity index (χ2n) is 5.91. The number of carboxylic acid groups (broad SMARTS) is 1. The number of hydrogen-bond acceptors (Lipinski definition) is 5. The fourth-order valence-corrected chi connectivity index (χ4v) is 3.28. The molecule has 1 aliphatic carbocycles. The van der Waals surface area contributed by atoms with E-state index >= 15 is 0 Å². The molecule has 1 aromatic carbocycles. The minimum atomic E-state index is -1.14. The summed E-state index contributed by atoms with van der Waals surface area (Å²) in [4.78, 5) is 23.2. The molecule has 6 heteroatoms. The molecule has 0 saturated carbocycles. The van der Waals surface area contributed by atoms with E-state index in [0.717, 1.165) is 35.8 Å². The van der Waals surface area contributed by atoms with E-state index in [9.17, 15) is 19.8 Å². The molecule has 1 aromatic heterocycles. The molecule has 1 heterocycles. The highest BCUT2D eigenvalue weighted by Crippen LogP contribution is 2.32. The first-order valence-electron chi connectivity index (χ1n) is 7.86. The molecule has 23 heavy (non-hydrogen) atoms. The highest BCUT2D eigenvalue weighted by Gasteiger charge is 2.23. The van der Waals surface area contributed by atoms with Crippen LogP contribution in [0.3, 0.4) is 0 Å². The van der Waals surface area contributed by atoms with Gasteiger partial charge in [-0.3, -0.25) is 0 Å². The van der Waals surface area contributed by atoms with Crippen LogP contribution in [0.4, 0.5) is 0 Å². The summed E-state index contributed by atoms with van der Waals surface area (Å²) in [5.41, 5.74) is 2.17. The predicted molar refractivity (Wildman–Crippen MR) is 80.9 cm³/mol. The average Bonchev–Trinajstić information content (AvgIpc) is 3.00. The fraction of sp³-hybridized carbons (Fsp3) is 0.412. The molecule has 0 saturated heterocycles. The predicted octanol–water partition coefficient (Wildman–Crippen LogP) is -0.421. The van der Waals surface area contributed by atoms with Gasteiger partial charge in [0.15, 0.2) is 5.58 Å². The molecule has 0 bridgehead atoms. The monoisotopic (exact) mass is 317 g/mol. The number of fused-ring (bicyclic) bond motifs is 3. The third-order valence-electron chi connectivity index (χ3n) is 4.57. The number of carbonyl (C=O) groups is 1. The third-order valence-corrected chi connectivity index (χ3v) is 4.57. The smallest absolute Gasteiger partial charge is 0.339 e. The Morgan fingerprint density at radius 2 is 2.13 bits per heavy atom. The van der Waals surface area contributed by atoms with Crippen molar-refractivity contribution >= 4 is 16.9 Å². The topological polar surface area (TPSA) is 107 Å². The second-order valence-corrected chi connectivity index (χ2v) is 5.91. The van der Waals surface area contributed by atoms with Crippen LogP contribution in [0.1, 0.15) is 36.5 Å². The lowest BCUT2D eigenvalue weighted by Crippen LogP contribution is -2.91. The number of aromatic hydroxyl groups is 1. The summed E-state index contributed by atoms with van der Waals surface area (Å²) in [5.74, 6) is -1.14. The van der Waals surface area contributed by atoms with E-state index in [1.54, 1.807) is 24.4 Å². The number of aliphatic carboxylic acids is 1. The maximum absolute atomic E-state index is 12.1. The van der Waals surface area contributed by atoms with E-state index in [-0.39, 0.29) is 17.9 Å². The molecule has 0 aliphatic heterocycles. The molecule has 3 rings (SSSR count). The van der Waals surface area contributed by atoms with Crippen molar-refractivity contribution in [1.82, 2.24) is 0 Å². The zero-order valence-electron chi connectivity index (χ0n) is 12.9.